The van der Waals surface area contributed by atoms with E-state index in [2.05, 4.69) is 21.2 Å². The van der Waals surface area contributed by atoms with Gasteiger partial charge in [0, 0.05) is 24.7 Å². The number of rotatable bonds is 4. The Bertz CT molecular complexity index is 466. The highest BCUT2D eigenvalue weighted by Crippen LogP contribution is 2.19. The number of hydrogen-bond acceptors (Lipinski definition) is 2. The lowest BCUT2D eigenvalue weighted by Gasteiger charge is -2.28. The van der Waals surface area contributed by atoms with E-state index in [1.165, 1.54) is 6.07 Å². The third-order valence-corrected chi connectivity index (χ3v) is 4.01. The van der Waals surface area contributed by atoms with Crippen molar-refractivity contribution in [3.05, 3.63) is 34.1 Å². The molecule has 3 nitrogen and oxygen atoms in total. The molecule has 1 amide bonds. The highest BCUT2D eigenvalue weighted by molar-refractivity contribution is 9.10. The monoisotopic (exact) mass is 364 g/mol. The summed E-state index contributed by atoms with van der Waals surface area (Å²) < 4.78 is 13.9. The van der Waals surface area contributed by atoms with E-state index in [0.29, 0.717) is 16.6 Å². The van der Waals surface area contributed by atoms with Gasteiger partial charge in [-0.2, -0.15) is 0 Å². The Morgan fingerprint density at radius 2 is 2.30 bits per heavy atom. The fourth-order valence-electron chi connectivity index (χ4n) is 2.39. The van der Waals surface area contributed by atoms with Gasteiger partial charge in [-0.05, 0) is 53.5 Å². The molecule has 1 unspecified atom stereocenters. The smallest absolute Gasteiger partial charge is 0.254 e. The maximum absolute atomic E-state index is 13.5. The van der Waals surface area contributed by atoms with Crippen LogP contribution in [0.15, 0.2) is 22.7 Å². The van der Waals surface area contributed by atoms with Crippen molar-refractivity contribution in [2.24, 2.45) is 0 Å². The highest BCUT2D eigenvalue weighted by Gasteiger charge is 2.26. The molecular formula is C14H19BrClFN2O. The molecule has 1 heterocycles. The Kier molecular flexibility index (Phi) is 6.92. The van der Waals surface area contributed by atoms with Crippen LogP contribution in [0.5, 0.6) is 0 Å². The SMILES string of the molecule is CCCN(C(=O)c1ccc(Br)c(F)c1)C1CCNC1.Cl. The zero-order chi connectivity index (χ0) is 13.8. The molecule has 1 aliphatic rings. The first-order valence-corrected chi connectivity index (χ1v) is 7.39. The van der Waals surface area contributed by atoms with Crippen LogP contribution in [0, 0.1) is 5.82 Å². The molecule has 0 aliphatic carbocycles. The molecule has 6 heteroatoms. The third-order valence-electron chi connectivity index (χ3n) is 3.37. The summed E-state index contributed by atoms with van der Waals surface area (Å²) in [5, 5.41) is 3.26. The number of benzene rings is 1. The number of nitrogens with zero attached hydrogens (tertiary/aromatic N) is 1. The third kappa shape index (κ3) is 3.93. The molecule has 2 rings (SSSR count). The number of amides is 1. The molecule has 1 saturated heterocycles. The number of hydrogen-bond donors (Lipinski definition) is 1. The van der Waals surface area contributed by atoms with Crippen LogP contribution in [-0.2, 0) is 0 Å². The largest absolute Gasteiger partial charge is 0.334 e. The summed E-state index contributed by atoms with van der Waals surface area (Å²) in [6, 6.07) is 4.77. The first-order valence-electron chi connectivity index (χ1n) is 6.60. The van der Waals surface area contributed by atoms with Crippen LogP contribution >= 0.6 is 28.3 Å². The van der Waals surface area contributed by atoms with Crippen molar-refractivity contribution in [3.63, 3.8) is 0 Å². The molecule has 0 bridgehead atoms. The average Bonchev–Trinajstić information content (AvgIpc) is 2.92. The normalized spacial score (nSPS) is 17.6. The Balaban J connectivity index is 0.00000200. The average molecular weight is 366 g/mol. The summed E-state index contributed by atoms with van der Waals surface area (Å²) in [4.78, 5) is 14.4. The minimum Gasteiger partial charge on any atom is -0.334 e. The van der Waals surface area contributed by atoms with E-state index in [0.717, 1.165) is 25.9 Å². The molecular weight excluding hydrogens is 347 g/mol. The lowest BCUT2D eigenvalue weighted by atomic mass is 10.1. The van der Waals surface area contributed by atoms with E-state index in [4.69, 9.17) is 0 Å². The minimum atomic E-state index is -0.396. The summed E-state index contributed by atoms with van der Waals surface area (Å²) in [5.41, 5.74) is 0.418. The Labute approximate surface area is 133 Å². The van der Waals surface area contributed by atoms with E-state index in [-0.39, 0.29) is 24.4 Å². The van der Waals surface area contributed by atoms with E-state index in [1.807, 2.05) is 11.8 Å². The van der Waals surface area contributed by atoms with Crippen molar-refractivity contribution >= 4 is 34.2 Å². The number of carbonyl (C=O) groups is 1. The van der Waals surface area contributed by atoms with E-state index in [9.17, 15) is 9.18 Å². The predicted molar refractivity (Wildman–Crippen MR) is 84.0 cm³/mol. The van der Waals surface area contributed by atoms with E-state index in [1.54, 1.807) is 12.1 Å². The Morgan fingerprint density at radius 3 is 2.85 bits per heavy atom. The zero-order valence-corrected chi connectivity index (χ0v) is 13.8. The van der Waals surface area contributed by atoms with Gasteiger partial charge in [0.2, 0.25) is 0 Å². The maximum Gasteiger partial charge on any atom is 0.254 e. The predicted octanol–water partition coefficient (Wildman–Crippen LogP) is 3.22. The first-order chi connectivity index (χ1) is 9.13. The molecule has 112 valence electrons. The van der Waals surface area contributed by atoms with Gasteiger partial charge in [-0.1, -0.05) is 6.92 Å². The van der Waals surface area contributed by atoms with Crippen LogP contribution in [0.2, 0.25) is 0 Å². The molecule has 1 aliphatic heterocycles. The lowest BCUT2D eigenvalue weighted by molar-refractivity contribution is 0.0691. The summed E-state index contributed by atoms with van der Waals surface area (Å²) in [6.45, 7) is 4.52. The van der Waals surface area contributed by atoms with E-state index < -0.39 is 5.82 Å². The van der Waals surface area contributed by atoms with Crippen LogP contribution in [0.1, 0.15) is 30.1 Å². The van der Waals surface area contributed by atoms with Gasteiger partial charge in [-0.25, -0.2) is 4.39 Å². The van der Waals surface area contributed by atoms with Crippen LogP contribution < -0.4 is 5.32 Å². The fourth-order valence-corrected chi connectivity index (χ4v) is 2.64. The van der Waals surface area contributed by atoms with Crippen LogP contribution in [0.25, 0.3) is 0 Å². The molecule has 1 N–H and O–H groups in total. The van der Waals surface area contributed by atoms with Gasteiger partial charge in [-0.15, -0.1) is 12.4 Å². The van der Waals surface area contributed by atoms with Crippen molar-refractivity contribution < 1.29 is 9.18 Å². The van der Waals surface area contributed by atoms with Gasteiger partial charge in [0.1, 0.15) is 5.82 Å². The topological polar surface area (TPSA) is 32.3 Å². The van der Waals surface area contributed by atoms with Gasteiger partial charge in [0.05, 0.1) is 4.47 Å². The van der Waals surface area contributed by atoms with Gasteiger partial charge in [-0.3, -0.25) is 4.79 Å². The van der Waals surface area contributed by atoms with Gasteiger partial charge in [0.25, 0.3) is 5.91 Å². The number of carbonyl (C=O) groups excluding carboxylic acids is 1. The molecule has 1 aromatic rings. The van der Waals surface area contributed by atoms with Crippen molar-refractivity contribution in [2.45, 2.75) is 25.8 Å². The van der Waals surface area contributed by atoms with Gasteiger partial charge >= 0.3 is 0 Å². The van der Waals surface area contributed by atoms with Crippen molar-refractivity contribution in [2.75, 3.05) is 19.6 Å². The standard InChI is InChI=1S/C14H18BrFN2O.ClH/c1-2-7-18(11-5-6-17-9-11)14(19)10-3-4-12(15)13(16)8-10;/h3-4,8,11,17H,2,5-7,9H2,1H3;1H. The molecule has 0 aromatic heterocycles. The van der Waals surface area contributed by atoms with Crippen LogP contribution in [-0.4, -0.2) is 36.5 Å². The lowest BCUT2D eigenvalue weighted by Crippen LogP contribution is -2.42. The number of halogens is 3. The summed E-state index contributed by atoms with van der Waals surface area (Å²) >= 11 is 3.10. The molecule has 1 fully saturated rings. The van der Waals surface area contributed by atoms with Crippen molar-refractivity contribution in [3.8, 4) is 0 Å². The van der Waals surface area contributed by atoms with Crippen LogP contribution in [0.3, 0.4) is 0 Å². The molecule has 0 saturated carbocycles. The second kappa shape index (κ2) is 7.96. The zero-order valence-electron chi connectivity index (χ0n) is 11.4. The second-order valence-electron chi connectivity index (χ2n) is 4.77. The Hall–Kier alpha value is -0.650. The highest BCUT2D eigenvalue weighted by atomic mass is 79.9. The van der Waals surface area contributed by atoms with Crippen molar-refractivity contribution in [1.29, 1.82) is 0 Å². The summed E-state index contributed by atoms with van der Waals surface area (Å²) in [6.07, 6.45) is 1.87. The first kappa shape index (κ1) is 17.4. The van der Waals surface area contributed by atoms with E-state index >= 15 is 0 Å². The molecule has 1 atom stereocenters. The fraction of sp³-hybridized carbons (Fsp3) is 0.500. The maximum atomic E-state index is 13.5. The molecule has 1 aromatic carbocycles. The van der Waals surface area contributed by atoms with Gasteiger partial charge in [0.15, 0.2) is 0 Å². The number of nitrogens with one attached hydrogen (secondary N) is 1. The van der Waals surface area contributed by atoms with Crippen LogP contribution in [0.4, 0.5) is 4.39 Å². The quantitative estimate of drug-likeness (QED) is 0.888. The summed E-state index contributed by atoms with van der Waals surface area (Å²) in [7, 11) is 0. The van der Waals surface area contributed by atoms with Gasteiger partial charge < -0.3 is 10.2 Å². The Morgan fingerprint density at radius 1 is 1.55 bits per heavy atom. The van der Waals surface area contributed by atoms with Crippen molar-refractivity contribution in [1.82, 2.24) is 10.2 Å². The second-order valence-corrected chi connectivity index (χ2v) is 5.63. The molecule has 0 radical (unpaired) electrons. The summed E-state index contributed by atoms with van der Waals surface area (Å²) in [5.74, 6) is -0.478. The minimum absolute atomic E-state index is 0. The molecule has 20 heavy (non-hydrogen) atoms. The molecule has 0 spiro atoms.